The zero-order valence-electron chi connectivity index (χ0n) is 15.3. The van der Waals surface area contributed by atoms with Crippen LogP contribution in [0.5, 0.6) is 5.75 Å². The number of aliphatic carboxylic acids is 1. The standard InChI is InChI=1S/C24H20O3/c1-15-11-17-7-3-5-9-19(17)21(12-15)23-20-10-6-4-8-18(20)13-16(2)24(23)27-14-22(25)26/h3-13H,14H2,1-2H3,(H,25,26). The van der Waals surface area contributed by atoms with E-state index in [4.69, 9.17) is 9.84 Å². The van der Waals surface area contributed by atoms with Gasteiger partial charge in [-0.05, 0) is 58.1 Å². The second-order valence-corrected chi connectivity index (χ2v) is 6.83. The molecule has 4 aromatic rings. The summed E-state index contributed by atoms with van der Waals surface area (Å²) in [6, 6.07) is 22.8. The summed E-state index contributed by atoms with van der Waals surface area (Å²) >= 11 is 0. The molecule has 0 aromatic heterocycles. The summed E-state index contributed by atoms with van der Waals surface area (Å²) in [5.41, 5.74) is 4.09. The van der Waals surface area contributed by atoms with E-state index < -0.39 is 5.97 Å². The van der Waals surface area contributed by atoms with E-state index in [1.165, 1.54) is 0 Å². The first-order valence-electron chi connectivity index (χ1n) is 8.91. The maximum atomic E-state index is 11.1. The molecule has 0 bridgehead atoms. The smallest absolute Gasteiger partial charge is 0.341 e. The fourth-order valence-corrected chi connectivity index (χ4v) is 3.72. The normalized spacial score (nSPS) is 11.0. The van der Waals surface area contributed by atoms with Crippen LogP contribution in [0.2, 0.25) is 0 Å². The third-order valence-electron chi connectivity index (χ3n) is 4.80. The minimum atomic E-state index is -0.984. The van der Waals surface area contributed by atoms with E-state index in [9.17, 15) is 4.79 Å². The number of hydrogen-bond acceptors (Lipinski definition) is 2. The fraction of sp³-hybridized carbons (Fsp3) is 0.125. The zero-order chi connectivity index (χ0) is 19.0. The fourth-order valence-electron chi connectivity index (χ4n) is 3.72. The maximum Gasteiger partial charge on any atom is 0.341 e. The van der Waals surface area contributed by atoms with Gasteiger partial charge >= 0.3 is 5.97 Å². The summed E-state index contributed by atoms with van der Waals surface area (Å²) in [4.78, 5) is 11.1. The molecule has 0 saturated heterocycles. The second-order valence-electron chi connectivity index (χ2n) is 6.83. The molecule has 27 heavy (non-hydrogen) atoms. The molecule has 0 unspecified atom stereocenters. The number of carbonyl (C=O) groups is 1. The Balaban J connectivity index is 2.11. The lowest BCUT2D eigenvalue weighted by molar-refractivity contribution is -0.139. The molecule has 3 nitrogen and oxygen atoms in total. The minimum absolute atomic E-state index is 0.365. The summed E-state index contributed by atoms with van der Waals surface area (Å²) in [5.74, 6) is -0.352. The Morgan fingerprint density at radius 1 is 0.889 bits per heavy atom. The molecule has 1 N–H and O–H groups in total. The van der Waals surface area contributed by atoms with Gasteiger partial charge in [0.1, 0.15) is 5.75 Å². The molecule has 0 spiro atoms. The van der Waals surface area contributed by atoms with Crippen LogP contribution in [-0.4, -0.2) is 17.7 Å². The van der Waals surface area contributed by atoms with Gasteiger partial charge in [0.2, 0.25) is 0 Å². The predicted octanol–water partition coefficient (Wildman–Crippen LogP) is 5.74. The summed E-state index contributed by atoms with van der Waals surface area (Å²) in [6.07, 6.45) is 0. The number of rotatable bonds is 4. The van der Waals surface area contributed by atoms with Crippen LogP contribution in [0.15, 0.2) is 66.7 Å². The van der Waals surface area contributed by atoms with Crippen molar-refractivity contribution in [2.75, 3.05) is 6.61 Å². The molecular weight excluding hydrogens is 336 g/mol. The molecule has 0 atom stereocenters. The first kappa shape index (κ1) is 17.1. The summed E-state index contributed by atoms with van der Waals surface area (Å²) in [6.45, 7) is 3.67. The first-order chi connectivity index (χ1) is 13.0. The molecular formula is C24H20O3. The van der Waals surface area contributed by atoms with E-state index in [0.29, 0.717) is 5.75 Å². The molecule has 0 aliphatic heterocycles. The molecule has 4 rings (SSSR count). The topological polar surface area (TPSA) is 46.5 Å². The van der Waals surface area contributed by atoms with E-state index in [2.05, 4.69) is 43.3 Å². The van der Waals surface area contributed by atoms with Gasteiger partial charge in [0, 0.05) is 5.56 Å². The van der Waals surface area contributed by atoms with E-state index in [1.54, 1.807) is 0 Å². The molecule has 0 saturated carbocycles. The third kappa shape index (κ3) is 3.13. The van der Waals surface area contributed by atoms with Crippen molar-refractivity contribution in [2.45, 2.75) is 13.8 Å². The molecule has 0 heterocycles. The van der Waals surface area contributed by atoms with E-state index >= 15 is 0 Å². The Hall–Kier alpha value is -3.33. The van der Waals surface area contributed by atoms with Crippen LogP contribution in [0.4, 0.5) is 0 Å². The first-order valence-corrected chi connectivity index (χ1v) is 8.91. The lowest BCUT2D eigenvalue weighted by atomic mass is 9.90. The Bertz CT molecular complexity index is 1180. The number of ether oxygens (including phenoxy) is 1. The number of hydrogen-bond donors (Lipinski definition) is 1. The number of aryl methyl sites for hydroxylation is 2. The number of carboxylic acid groups (broad SMARTS) is 1. The summed E-state index contributed by atoms with van der Waals surface area (Å²) in [7, 11) is 0. The molecule has 0 amide bonds. The van der Waals surface area contributed by atoms with Gasteiger partial charge in [-0.2, -0.15) is 0 Å². The Morgan fingerprint density at radius 3 is 2.22 bits per heavy atom. The number of carboxylic acids is 1. The SMILES string of the molecule is Cc1cc(-c2c(OCC(=O)O)c(C)cc3ccccc23)c2ccccc2c1. The van der Waals surface area contributed by atoms with E-state index in [0.717, 1.165) is 43.8 Å². The van der Waals surface area contributed by atoms with E-state index in [1.807, 2.05) is 37.3 Å². The number of benzene rings is 4. The van der Waals surface area contributed by atoms with Crippen molar-refractivity contribution in [1.29, 1.82) is 0 Å². The highest BCUT2D eigenvalue weighted by atomic mass is 16.5. The van der Waals surface area contributed by atoms with Crippen LogP contribution >= 0.6 is 0 Å². The van der Waals surface area contributed by atoms with Crippen molar-refractivity contribution in [3.8, 4) is 16.9 Å². The van der Waals surface area contributed by atoms with Gasteiger partial charge < -0.3 is 9.84 Å². The second kappa shape index (κ2) is 6.76. The van der Waals surface area contributed by atoms with Crippen LogP contribution in [-0.2, 0) is 4.79 Å². The zero-order valence-corrected chi connectivity index (χ0v) is 15.3. The Labute approximate surface area is 157 Å². The van der Waals surface area contributed by atoms with Crippen LogP contribution in [0.3, 0.4) is 0 Å². The number of fused-ring (bicyclic) bond motifs is 2. The van der Waals surface area contributed by atoms with Crippen LogP contribution < -0.4 is 4.74 Å². The van der Waals surface area contributed by atoms with Gasteiger partial charge in [-0.25, -0.2) is 4.79 Å². The average molecular weight is 356 g/mol. The quantitative estimate of drug-likeness (QED) is 0.507. The predicted molar refractivity (Wildman–Crippen MR) is 109 cm³/mol. The third-order valence-corrected chi connectivity index (χ3v) is 4.80. The van der Waals surface area contributed by atoms with Crippen molar-refractivity contribution >= 4 is 27.5 Å². The Kier molecular flexibility index (Phi) is 4.28. The lowest BCUT2D eigenvalue weighted by Gasteiger charge is -2.18. The molecule has 0 fully saturated rings. The monoisotopic (exact) mass is 356 g/mol. The van der Waals surface area contributed by atoms with Crippen molar-refractivity contribution in [1.82, 2.24) is 0 Å². The van der Waals surface area contributed by atoms with Gasteiger partial charge in [-0.3, -0.25) is 0 Å². The van der Waals surface area contributed by atoms with E-state index in [-0.39, 0.29) is 6.61 Å². The van der Waals surface area contributed by atoms with Gasteiger partial charge in [0.15, 0.2) is 6.61 Å². The van der Waals surface area contributed by atoms with Gasteiger partial charge in [0.05, 0.1) is 0 Å². The molecule has 0 radical (unpaired) electrons. The van der Waals surface area contributed by atoms with Crippen LogP contribution in [0, 0.1) is 13.8 Å². The van der Waals surface area contributed by atoms with Crippen molar-refractivity contribution in [2.24, 2.45) is 0 Å². The molecule has 0 aliphatic rings. The maximum absolute atomic E-state index is 11.1. The van der Waals surface area contributed by atoms with Crippen molar-refractivity contribution < 1.29 is 14.6 Å². The highest BCUT2D eigenvalue weighted by molar-refractivity contribution is 6.08. The van der Waals surface area contributed by atoms with Crippen LogP contribution in [0.25, 0.3) is 32.7 Å². The van der Waals surface area contributed by atoms with Gasteiger partial charge in [0.25, 0.3) is 0 Å². The van der Waals surface area contributed by atoms with Gasteiger partial charge in [-0.1, -0.05) is 60.7 Å². The highest BCUT2D eigenvalue weighted by Crippen LogP contribution is 2.43. The van der Waals surface area contributed by atoms with Crippen LogP contribution in [0.1, 0.15) is 11.1 Å². The molecule has 3 heteroatoms. The van der Waals surface area contributed by atoms with Crippen molar-refractivity contribution in [3.05, 3.63) is 77.9 Å². The average Bonchev–Trinajstić information content (AvgIpc) is 2.65. The Morgan fingerprint density at radius 2 is 1.52 bits per heavy atom. The lowest BCUT2D eigenvalue weighted by Crippen LogP contribution is -2.11. The van der Waals surface area contributed by atoms with Gasteiger partial charge in [-0.15, -0.1) is 0 Å². The molecule has 134 valence electrons. The molecule has 4 aromatic carbocycles. The van der Waals surface area contributed by atoms with Crippen molar-refractivity contribution in [3.63, 3.8) is 0 Å². The summed E-state index contributed by atoms with van der Waals surface area (Å²) < 4.78 is 5.78. The largest absolute Gasteiger partial charge is 0.481 e. The molecule has 0 aliphatic carbocycles. The summed E-state index contributed by atoms with van der Waals surface area (Å²) in [5, 5.41) is 13.6. The highest BCUT2D eigenvalue weighted by Gasteiger charge is 2.18. The minimum Gasteiger partial charge on any atom is -0.481 e.